The molecule has 152 valence electrons. The molecule has 6 nitrogen and oxygen atoms in total. The lowest BCUT2D eigenvalue weighted by Gasteiger charge is -2.16. The molecule has 0 fully saturated rings. The molecular formula is C23H21N3O3S. The predicted octanol–water partition coefficient (Wildman–Crippen LogP) is 4.88. The summed E-state index contributed by atoms with van der Waals surface area (Å²) in [6, 6.07) is 16.9. The number of fused-ring (bicyclic) bond motifs is 1. The van der Waals surface area contributed by atoms with Gasteiger partial charge < -0.3 is 14.6 Å². The quantitative estimate of drug-likeness (QED) is 0.500. The molecule has 0 aliphatic rings. The average Bonchev–Trinajstić information content (AvgIpc) is 3.37. The second-order valence-corrected chi connectivity index (χ2v) is 8.14. The molecule has 2 heterocycles. The van der Waals surface area contributed by atoms with E-state index in [4.69, 9.17) is 4.42 Å². The first kappa shape index (κ1) is 19.8. The van der Waals surface area contributed by atoms with E-state index in [0.29, 0.717) is 10.8 Å². The van der Waals surface area contributed by atoms with Crippen molar-refractivity contribution in [3.05, 3.63) is 71.5 Å². The minimum Gasteiger partial charge on any atom is -0.448 e. The first-order chi connectivity index (χ1) is 14.4. The highest BCUT2D eigenvalue weighted by atomic mass is 32.1. The van der Waals surface area contributed by atoms with Gasteiger partial charge in [-0.1, -0.05) is 24.3 Å². The first-order valence-corrected chi connectivity index (χ1v) is 10.3. The number of furan rings is 1. The first-order valence-electron chi connectivity index (χ1n) is 9.49. The van der Waals surface area contributed by atoms with Gasteiger partial charge in [-0.15, -0.1) is 11.3 Å². The third-order valence-electron chi connectivity index (χ3n) is 4.93. The molecule has 2 aromatic heterocycles. The normalized spacial score (nSPS) is 10.9. The van der Waals surface area contributed by atoms with Crippen LogP contribution < -0.4 is 5.32 Å². The van der Waals surface area contributed by atoms with E-state index in [1.165, 1.54) is 16.2 Å². The number of para-hydroxylation sites is 1. The highest BCUT2D eigenvalue weighted by Gasteiger charge is 2.20. The summed E-state index contributed by atoms with van der Waals surface area (Å²) in [5.41, 5.74) is 3.74. The van der Waals surface area contributed by atoms with Gasteiger partial charge in [0.15, 0.2) is 16.5 Å². The molecule has 4 aromatic rings. The van der Waals surface area contributed by atoms with E-state index in [-0.39, 0.29) is 24.1 Å². The Morgan fingerprint density at radius 3 is 2.67 bits per heavy atom. The van der Waals surface area contributed by atoms with E-state index in [1.807, 2.05) is 56.3 Å². The van der Waals surface area contributed by atoms with Crippen molar-refractivity contribution in [3.63, 3.8) is 0 Å². The van der Waals surface area contributed by atoms with Crippen molar-refractivity contribution in [2.24, 2.45) is 0 Å². The number of aromatic nitrogens is 1. The van der Waals surface area contributed by atoms with Gasteiger partial charge in [-0.05, 0) is 55.3 Å². The van der Waals surface area contributed by atoms with Crippen LogP contribution in [-0.2, 0) is 4.79 Å². The highest BCUT2D eigenvalue weighted by molar-refractivity contribution is 7.21. The molecular weight excluding hydrogens is 398 g/mol. The van der Waals surface area contributed by atoms with Crippen LogP contribution in [0.3, 0.4) is 0 Å². The van der Waals surface area contributed by atoms with Crippen LogP contribution in [-0.4, -0.2) is 35.3 Å². The summed E-state index contributed by atoms with van der Waals surface area (Å²) in [7, 11) is 1.57. The van der Waals surface area contributed by atoms with Crippen LogP contribution in [0.25, 0.3) is 21.0 Å². The van der Waals surface area contributed by atoms with Gasteiger partial charge in [0.1, 0.15) is 0 Å². The van der Waals surface area contributed by atoms with Crippen molar-refractivity contribution in [2.75, 3.05) is 18.9 Å². The number of anilines is 1. The monoisotopic (exact) mass is 419 g/mol. The van der Waals surface area contributed by atoms with Gasteiger partial charge in [0.2, 0.25) is 5.91 Å². The minimum absolute atomic E-state index is 0.0800. The number of amides is 2. The molecule has 4 rings (SSSR count). The van der Waals surface area contributed by atoms with Gasteiger partial charge in [-0.25, -0.2) is 4.98 Å². The molecule has 0 bridgehead atoms. The number of likely N-dealkylation sites (N-methyl/N-ethyl adjacent to an activating group) is 1. The summed E-state index contributed by atoms with van der Waals surface area (Å²) in [5.74, 6) is 0.0788. The van der Waals surface area contributed by atoms with E-state index in [2.05, 4.69) is 10.3 Å². The van der Waals surface area contributed by atoms with Crippen LogP contribution in [0.1, 0.15) is 21.7 Å². The maximum absolute atomic E-state index is 12.7. The Hall–Kier alpha value is -3.45. The molecule has 0 radical (unpaired) electrons. The van der Waals surface area contributed by atoms with Crippen LogP contribution in [0.2, 0.25) is 0 Å². The van der Waals surface area contributed by atoms with E-state index in [1.54, 1.807) is 19.2 Å². The maximum Gasteiger partial charge on any atom is 0.289 e. The fourth-order valence-corrected chi connectivity index (χ4v) is 4.02. The number of benzene rings is 2. The molecule has 0 saturated carbocycles. The van der Waals surface area contributed by atoms with Crippen molar-refractivity contribution < 1.29 is 14.0 Å². The number of nitrogens with zero attached hydrogens (tertiary/aromatic N) is 2. The summed E-state index contributed by atoms with van der Waals surface area (Å²) in [6.07, 6.45) is 0. The average molecular weight is 420 g/mol. The standard InChI is InChI=1S/C23H21N3O3S/c1-14-7-6-9-16(15(14)2)24-21(27)13-26(3)23(28)19-12-11-18(29-19)22-25-17-8-4-5-10-20(17)30-22/h4-12H,13H2,1-3H3,(H,24,27). The molecule has 2 aromatic carbocycles. The molecule has 0 unspecified atom stereocenters. The maximum atomic E-state index is 12.7. The molecule has 1 N–H and O–H groups in total. The van der Waals surface area contributed by atoms with Crippen molar-refractivity contribution in [1.29, 1.82) is 0 Å². The Kier molecular flexibility index (Phi) is 5.37. The number of hydrogen-bond acceptors (Lipinski definition) is 5. The summed E-state index contributed by atoms with van der Waals surface area (Å²) in [6.45, 7) is 3.86. The Morgan fingerprint density at radius 1 is 1.07 bits per heavy atom. The van der Waals surface area contributed by atoms with Crippen molar-refractivity contribution in [3.8, 4) is 10.8 Å². The summed E-state index contributed by atoms with van der Waals surface area (Å²) in [4.78, 5) is 31.0. The molecule has 0 atom stereocenters. The van der Waals surface area contributed by atoms with Crippen LogP contribution >= 0.6 is 11.3 Å². The lowest BCUT2D eigenvalue weighted by atomic mass is 10.1. The number of thiazole rings is 1. The molecule has 2 amide bonds. The topological polar surface area (TPSA) is 75.4 Å². The Bertz CT molecular complexity index is 1210. The van der Waals surface area contributed by atoms with Gasteiger partial charge in [-0.2, -0.15) is 0 Å². The number of hydrogen-bond donors (Lipinski definition) is 1. The summed E-state index contributed by atoms with van der Waals surface area (Å²) >= 11 is 1.50. The molecule has 0 aliphatic carbocycles. The van der Waals surface area contributed by atoms with E-state index in [0.717, 1.165) is 27.0 Å². The van der Waals surface area contributed by atoms with Gasteiger partial charge in [0.05, 0.1) is 16.8 Å². The fourth-order valence-electron chi connectivity index (χ4n) is 3.10. The third kappa shape index (κ3) is 3.97. The van der Waals surface area contributed by atoms with Crippen LogP contribution in [0.4, 0.5) is 5.69 Å². The van der Waals surface area contributed by atoms with Crippen LogP contribution in [0, 0.1) is 13.8 Å². The molecule has 0 saturated heterocycles. The Balaban J connectivity index is 1.44. The zero-order valence-corrected chi connectivity index (χ0v) is 17.7. The second kappa shape index (κ2) is 8.12. The molecule has 0 spiro atoms. The number of carbonyl (C=O) groups excluding carboxylic acids is 2. The second-order valence-electron chi connectivity index (χ2n) is 7.11. The Labute approximate surface area is 178 Å². The van der Waals surface area contributed by atoms with Gasteiger partial charge in [-0.3, -0.25) is 9.59 Å². The number of aryl methyl sites for hydroxylation is 1. The summed E-state index contributed by atoms with van der Waals surface area (Å²) in [5, 5.41) is 3.58. The van der Waals surface area contributed by atoms with E-state index >= 15 is 0 Å². The van der Waals surface area contributed by atoms with Crippen molar-refractivity contribution in [2.45, 2.75) is 13.8 Å². The zero-order valence-electron chi connectivity index (χ0n) is 16.9. The fraction of sp³-hybridized carbons (Fsp3) is 0.174. The zero-order chi connectivity index (χ0) is 21.3. The van der Waals surface area contributed by atoms with Gasteiger partial charge >= 0.3 is 0 Å². The SMILES string of the molecule is Cc1cccc(NC(=O)CN(C)C(=O)c2ccc(-c3nc4ccccc4s3)o2)c1C. The van der Waals surface area contributed by atoms with Crippen molar-refractivity contribution in [1.82, 2.24) is 9.88 Å². The summed E-state index contributed by atoms with van der Waals surface area (Å²) < 4.78 is 6.79. The van der Waals surface area contributed by atoms with E-state index in [9.17, 15) is 9.59 Å². The lowest BCUT2D eigenvalue weighted by molar-refractivity contribution is -0.116. The van der Waals surface area contributed by atoms with Crippen LogP contribution in [0.15, 0.2) is 59.0 Å². The number of carbonyl (C=O) groups is 2. The number of nitrogens with one attached hydrogen (secondary N) is 1. The highest BCUT2D eigenvalue weighted by Crippen LogP contribution is 2.31. The minimum atomic E-state index is -0.363. The predicted molar refractivity (Wildman–Crippen MR) is 119 cm³/mol. The van der Waals surface area contributed by atoms with Crippen LogP contribution in [0.5, 0.6) is 0 Å². The third-order valence-corrected chi connectivity index (χ3v) is 5.98. The Morgan fingerprint density at radius 2 is 1.87 bits per heavy atom. The smallest absolute Gasteiger partial charge is 0.289 e. The lowest BCUT2D eigenvalue weighted by Crippen LogP contribution is -2.34. The molecule has 7 heteroatoms. The largest absolute Gasteiger partial charge is 0.448 e. The molecule has 30 heavy (non-hydrogen) atoms. The van der Waals surface area contributed by atoms with Crippen molar-refractivity contribution >= 4 is 39.1 Å². The number of rotatable bonds is 5. The van der Waals surface area contributed by atoms with Gasteiger partial charge in [0.25, 0.3) is 5.91 Å². The molecule has 0 aliphatic heterocycles. The van der Waals surface area contributed by atoms with E-state index < -0.39 is 0 Å². The van der Waals surface area contributed by atoms with Gasteiger partial charge in [0, 0.05) is 12.7 Å².